The molecule has 128 valence electrons. The van der Waals surface area contributed by atoms with Gasteiger partial charge >= 0.3 is 12.1 Å². The molecule has 0 aliphatic heterocycles. The molecule has 0 saturated carbocycles. The summed E-state index contributed by atoms with van der Waals surface area (Å²) in [6, 6.07) is 8.98. The van der Waals surface area contributed by atoms with Crippen LogP contribution in [0.3, 0.4) is 0 Å². The van der Waals surface area contributed by atoms with Gasteiger partial charge in [0.15, 0.2) is 0 Å². The molecular formula is C16H12ClF3O4. The minimum atomic E-state index is -4.48. The molecule has 0 fully saturated rings. The second-order valence-electron chi connectivity index (χ2n) is 4.71. The van der Waals surface area contributed by atoms with Crippen LogP contribution in [0, 0.1) is 0 Å². The molecule has 2 aromatic carbocycles. The van der Waals surface area contributed by atoms with Crippen LogP contribution in [0.4, 0.5) is 13.2 Å². The van der Waals surface area contributed by atoms with Crippen molar-refractivity contribution in [2.75, 3.05) is 6.61 Å². The Morgan fingerprint density at radius 2 is 1.71 bits per heavy atom. The number of carbonyl (C=O) groups is 1. The SMILES string of the molecule is O=C(O)CCOc1ccc(Oc2ccc(C(F)(F)F)cc2Cl)cc1. The molecule has 2 rings (SSSR count). The Kier molecular flexibility index (Phi) is 5.56. The molecule has 2 aromatic rings. The molecule has 0 radical (unpaired) electrons. The summed E-state index contributed by atoms with van der Waals surface area (Å²) in [6.07, 6.45) is -4.60. The standard InChI is InChI=1S/C16H12ClF3O4/c17-13-9-10(16(18,19)20)1-6-14(13)24-12-4-2-11(3-5-12)23-8-7-15(21)22/h1-6,9H,7-8H2,(H,21,22). The smallest absolute Gasteiger partial charge is 0.416 e. The van der Waals surface area contributed by atoms with Crippen LogP contribution in [0.1, 0.15) is 12.0 Å². The number of hydrogen-bond acceptors (Lipinski definition) is 3. The summed E-state index contributed by atoms with van der Waals surface area (Å²) < 4.78 is 48.4. The number of benzene rings is 2. The van der Waals surface area contributed by atoms with Crippen molar-refractivity contribution in [1.29, 1.82) is 0 Å². The number of halogens is 4. The summed E-state index contributed by atoms with van der Waals surface area (Å²) >= 11 is 5.81. The molecule has 24 heavy (non-hydrogen) atoms. The van der Waals surface area contributed by atoms with Crippen molar-refractivity contribution in [2.24, 2.45) is 0 Å². The predicted octanol–water partition coefficient (Wildman–Crippen LogP) is 5.00. The highest BCUT2D eigenvalue weighted by molar-refractivity contribution is 6.32. The van der Waals surface area contributed by atoms with Gasteiger partial charge in [0.25, 0.3) is 0 Å². The van der Waals surface area contributed by atoms with Crippen LogP contribution in [0.25, 0.3) is 0 Å². The van der Waals surface area contributed by atoms with E-state index in [1.807, 2.05) is 0 Å². The van der Waals surface area contributed by atoms with Crippen LogP contribution in [-0.2, 0) is 11.0 Å². The largest absolute Gasteiger partial charge is 0.493 e. The highest BCUT2D eigenvalue weighted by Crippen LogP contribution is 2.36. The van der Waals surface area contributed by atoms with Crippen molar-refractivity contribution >= 4 is 17.6 Å². The molecule has 0 unspecified atom stereocenters. The van der Waals surface area contributed by atoms with E-state index in [2.05, 4.69) is 0 Å². The first-order valence-corrected chi connectivity index (χ1v) is 7.13. The van der Waals surface area contributed by atoms with Crippen molar-refractivity contribution in [3.8, 4) is 17.2 Å². The highest BCUT2D eigenvalue weighted by Gasteiger charge is 2.31. The third kappa shape index (κ3) is 5.06. The van der Waals surface area contributed by atoms with E-state index in [0.717, 1.165) is 18.2 Å². The van der Waals surface area contributed by atoms with Crippen LogP contribution < -0.4 is 9.47 Å². The second-order valence-corrected chi connectivity index (χ2v) is 5.12. The van der Waals surface area contributed by atoms with Crippen molar-refractivity contribution in [1.82, 2.24) is 0 Å². The summed E-state index contributed by atoms with van der Waals surface area (Å²) in [4.78, 5) is 10.4. The molecule has 4 nitrogen and oxygen atoms in total. The molecule has 0 aliphatic rings. The molecule has 0 heterocycles. The fraction of sp³-hybridized carbons (Fsp3) is 0.188. The van der Waals surface area contributed by atoms with Gasteiger partial charge in [0.2, 0.25) is 0 Å². The van der Waals surface area contributed by atoms with Gasteiger partial charge in [-0.05, 0) is 42.5 Å². The molecule has 8 heteroatoms. The molecule has 0 spiro atoms. The first-order chi connectivity index (χ1) is 11.3. The summed E-state index contributed by atoms with van der Waals surface area (Å²) in [7, 11) is 0. The second kappa shape index (κ2) is 7.44. The molecular weight excluding hydrogens is 349 g/mol. The zero-order valence-corrected chi connectivity index (χ0v) is 12.9. The van der Waals surface area contributed by atoms with Gasteiger partial charge in [-0.2, -0.15) is 13.2 Å². The van der Waals surface area contributed by atoms with Crippen LogP contribution in [0.2, 0.25) is 5.02 Å². The van der Waals surface area contributed by atoms with Gasteiger partial charge in [-0.25, -0.2) is 0 Å². The maximum absolute atomic E-state index is 12.6. The Hall–Kier alpha value is -2.41. The van der Waals surface area contributed by atoms with Crippen molar-refractivity contribution in [3.63, 3.8) is 0 Å². The van der Waals surface area contributed by atoms with Crippen molar-refractivity contribution in [3.05, 3.63) is 53.1 Å². The lowest BCUT2D eigenvalue weighted by atomic mass is 10.2. The van der Waals surface area contributed by atoms with E-state index in [1.165, 1.54) is 12.1 Å². The average Bonchev–Trinajstić information content (AvgIpc) is 2.49. The third-order valence-corrected chi connectivity index (χ3v) is 3.19. The maximum Gasteiger partial charge on any atom is 0.416 e. The van der Waals surface area contributed by atoms with Gasteiger partial charge in [-0.15, -0.1) is 0 Å². The van der Waals surface area contributed by atoms with Gasteiger partial charge in [-0.3, -0.25) is 4.79 Å². The Balaban J connectivity index is 2.02. The lowest BCUT2D eigenvalue weighted by molar-refractivity contribution is -0.138. The number of alkyl halides is 3. The van der Waals surface area contributed by atoms with E-state index >= 15 is 0 Å². The zero-order valence-electron chi connectivity index (χ0n) is 12.1. The van der Waals surface area contributed by atoms with Crippen LogP contribution in [0.15, 0.2) is 42.5 Å². The van der Waals surface area contributed by atoms with Gasteiger partial charge < -0.3 is 14.6 Å². The first-order valence-electron chi connectivity index (χ1n) is 6.75. The van der Waals surface area contributed by atoms with Crippen molar-refractivity contribution in [2.45, 2.75) is 12.6 Å². The summed E-state index contributed by atoms with van der Waals surface area (Å²) in [6.45, 7) is 0.0280. The molecule has 0 aromatic heterocycles. The number of carboxylic acid groups (broad SMARTS) is 1. The minimum absolute atomic E-state index is 0.0280. The van der Waals surface area contributed by atoms with E-state index in [1.54, 1.807) is 12.1 Å². The van der Waals surface area contributed by atoms with Gasteiger partial charge in [0.1, 0.15) is 17.2 Å². The van der Waals surface area contributed by atoms with E-state index < -0.39 is 17.7 Å². The number of hydrogen-bond donors (Lipinski definition) is 1. The van der Waals surface area contributed by atoms with Gasteiger partial charge in [0, 0.05) is 0 Å². The fourth-order valence-electron chi connectivity index (χ4n) is 1.75. The maximum atomic E-state index is 12.6. The predicted molar refractivity (Wildman–Crippen MR) is 80.7 cm³/mol. The summed E-state index contributed by atoms with van der Waals surface area (Å²) in [5.74, 6) is -0.0829. The fourth-order valence-corrected chi connectivity index (χ4v) is 1.97. The summed E-state index contributed by atoms with van der Waals surface area (Å²) in [5.41, 5.74) is -0.859. The Bertz CT molecular complexity index is 714. The molecule has 0 atom stereocenters. The Labute approximate surface area is 140 Å². The monoisotopic (exact) mass is 360 g/mol. The number of carboxylic acids is 1. The molecule has 0 bridgehead atoms. The number of rotatable bonds is 6. The average molecular weight is 361 g/mol. The molecule has 0 amide bonds. The highest BCUT2D eigenvalue weighted by atomic mass is 35.5. The van der Waals surface area contributed by atoms with E-state index in [4.69, 9.17) is 26.2 Å². The lowest BCUT2D eigenvalue weighted by Gasteiger charge is -2.11. The van der Waals surface area contributed by atoms with E-state index in [-0.39, 0.29) is 23.8 Å². The number of ether oxygens (including phenoxy) is 2. The molecule has 1 N–H and O–H groups in total. The van der Waals surface area contributed by atoms with Gasteiger partial charge in [-0.1, -0.05) is 11.6 Å². The molecule has 0 aliphatic carbocycles. The molecule has 0 saturated heterocycles. The lowest BCUT2D eigenvalue weighted by Crippen LogP contribution is -2.04. The van der Waals surface area contributed by atoms with E-state index in [0.29, 0.717) is 11.5 Å². The normalized spacial score (nSPS) is 11.2. The number of aliphatic carboxylic acids is 1. The van der Waals surface area contributed by atoms with Crippen LogP contribution >= 0.6 is 11.6 Å². The van der Waals surface area contributed by atoms with E-state index in [9.17, 15) is 18.0 Å². The summed E-state index contributed by atoms with van der Waals surface area (Å²) in [5, 5.41) is 8.35. The minimum Gasteiger partial charge on any atom is -0.493 e. The van der Waals surface area contributed by atoms with Crippen LogP contribution in [-0.4, -0.2) is 17.7 Å². The Morgan fingerprint density at radius 3 is 2.25 bits per heavy atom. The van der Waals surface area contributed by atoms with Crippen LogP contribution in [0.5, 0.6) is 17.2 Å². The topological polar surface area (TPSA) is 55.8 Å². The third-order valence-electron chi connectivity index (χ3n) is 2.90. The first kappa shape index (κ1) is 17.9. The quantitative estimate of drug-likeness (QED) is 0.787. The van der Waals surface area contributed by atoms with Gasteiger partial charge in [0.05, 0.1) is 23.6 Å². The Morgan fingerprint density at radius 1 is 1.08 bits per heavy atom. The van der Waals surface area contributed by atoms with Crippen molar-refractivity contribution < 1.29 is 32.5 Å². The zero-order chi connectivity index (χ0) is 17.7.